The highest BCUT2D eigenvalue weighted by Crippen LogP contribution is 2.13. The second-order valence-electron chi connectivity index (χ2n) is 5.37. The van der Waals surface area contributed by atoms with E-state index in [0.717, 1.165) is 11.3 Å². The van der Waals surface area contributed by atoms with Crippen LogP contribution in [-0.2, 0) is 11.3 Å². The number of methoxy groups -OCH3 is 1. The summed E-state index contributed by atoms with van der Waals surface area (Å²) in [7, 11) is 1.61. The molecule has 2 rings (SSSR count). The van der Waals surface area contributed by atoms with E-state index in [1.807, 2.05) is 31.2 Å². The van der Waals surface area contributed by atoms with Crippen LogP contribution < -0.4 is 10.1 Å². The number of hydrogen-bond donors (Lipinski definition) is 1. The Kier molecular flexibility index (Phi) is 6.01. The van der Waals surface area contributed by atoms with Crippen molar-refractivity contribution < 1.29 is 18.7 Å². The summed E-state index contributed by atoms with van der Waals surface area (Å²) in [6.07, 6.45) is 1.42. The molecule has 1 atom stereocenters. The highest BCUT2D eigenvalue weighted by atomic mass is 16.5. The highest BCUT2D eigenvalue weighted by molar-refractivity contribution is 5.95. The Labute approximate surface area is 141 Å². The lowest BCUT2D eigenvalue weighted by atomic mass is 10.2. The second kappa shape index (κ2) is 8.19. The average Bonchev–Trinajstić information content (AvgIpc) is 3.14. The van der Waals surface area contributed by atoms with Gasteiger partial charge in [0, 0.05) is 13.1 Å². The van der Waals surface area contributed by atoms with E-state index in [4.69, 9.17) is 9.15 Å². The molecule has 6 heteroatoms. The lowest BCUT2D eigenvalue weighted by Gasteiger charge is -2.25. The highest BCUT2D eigenvalue weighted by Gasteiger charge is 2.22. The Balaban J connectivity index is 1.97. The predicted octanol–water partition coefficient (Wildman–Crippen LogP) is 2.46. The van der Waals surface area contributed by atoms with Crippen LogP contribution in [0, 0.1) is 0 Å². The van der Waals surface area contributed by atoms with Crippen LogP contribution >= 0.6 is 0 Å². The third-order valence-electron chi connectivity index (χ3n) is 3.69. The van der Waals surface area contributed by atoms with Gasteiger partial charge in [0.05, 0.1) is 13.4 Å². The molecule has 0 aliphatic rings. The Morgan fingerprint density at radius 1 is 1.25 bits per heavy atom. The molecule has 0 spiro atoms. The molecular formula is C18H22N2O4. The molecule has 1 aromatic carbocycles. The molecule has 1 unspecified atom stereocenters. The first-order valence-corrected chi connectivity index (χ1v) is 7.81. The van der Waals surface area contributed by atoms with Crippen molar-refractivity contribution in [2.24, 2.45) is 0 Å². The van der Waals surface area contributed by atoms with Gasteiger partial charge in [0.1, 0.15) is 11.8 Å². The fraction of sp³-hybridized carbons (Fsp3) is 0.333. The number of nitrogens with one attached hydrogen (secondary N) is 1. The zero-order valence-corrected chi connectivity index (χ0v) is 14.1. The Morgan fingerprint density at radius 2 is 1.96 bits per heavy atom. The first-order valence-electron chi connectivity index (χ1n) is 7.81. The fourth-order valence-corrected chi connectivity index (χ4v) is 2.31. The number of nitrogens with zero attached hydrogens (tertiary/aromatic N) is 1. The van der Waals surface area contributed by atoms with Gasteiger partial charge in [-0.1, -0.05) is 12.1 Å². The van der Waals surface area contributed by atoms with Gasteiger partial charge in [-0.05, 0) is 43.7 Å². The van der Waals surface area contributed by atoms with E-state index in [9.17, 15) is 9.59 Å². The zero-order chi connectivity index (χ0) is 17.5. The molecule has 0 bridgehead atoms. The number of carbonyl (C=O) groups is 2. The minimum absolute atomic E-state index is 0.145. The van der Waals surface area contributed by atoms with Gasteiger partial charge in [0.2, 0.25) is 5.91 Å². The standard InChI is InChI=1S/C18H22N2O4/c1-4-20(12-14-7-9-15(23-3)10-8-14)18(22)13(2)19-17(21)16-6-5-11-24-16/h5-11,13H,4,12H2,1-3H3,(H,19,21). The molecule has 0 fully saturated rings. The van der Waals surface area contributed by atoms with Crippen molar-refractivity contribution in [1.29, 1.82) is 0 Å². The molecule has 1 heterocycles. The molecule has 128 valence electrons. The van der Waals surface area contributed by atoms with Crippen molar-refractivity contribution >= 4 is 11.8 Å². The molecule has 0 saturated heterocycles. The fourth-order valence-electron chi connectivity index (χ4n) is 2.31. The van der Waals surface area contributed by atoms with E-state index in [0.29, 0.717) is 13.1 Å². The monoisotopic (exact) mass is 330 g/mol. The summed E-state index contributed by atoms with van der Waals surface area (Å²) in [5.41, 5.74) is 0.996. The summed E-state index contributed by atoms with van der Waals surface area (Å²) in [5, 5.41) is 2.66. The van der Waals surface area contributed by atoms with Gasteiger partial charge in [-0.25, -0.2) is 0 Å². The number of ether oxygens (including phenoxy) is 1. The third-order valence-corrected chi connectivity index (χ3v) is 3.69. The van der Waals surface area contributed by atoms with E-state index in [1.54, 1.807) is 31.1 Å². The van der Waals surface area contributed by atoms with Crippen LogP contribution in [0.2, 0.25) is 0 Å². The minimum Gasteiger partial charge on any atom is -0.497 e. The smallest absolute Gasteiger partial charge is 0.287 e. The molecule has 0 aliphatic heterocycles. The van der Waals surface area contributed by atoms with Gasteiger partial charge in [-0.3, -0.25) is 9.59 Å². The third kappa shape index (κ3) is 4.38. The molecule has 1 N–H and O–H groups in total. The van der Waals surface area contributed by atoms with E-state index in [-0.39, 0.29) is 11.7 Å². The number of carbonyl (C=O) groups excluding carboxylic acids is 2. The molecular weight excluding hydrogens is 308 g/mol. The normalized spacial score (nSPS) is 11.6. The number of likely N-dealkylation sites (N-methyl/N-ethyl adjacent to an activating group) is 1. The van der Waals surface area contributed by atoms with E-state index >= 15 is 0 Å². The van der Waals surface area contributed by atoms with Gasteiger partial charge < -0.3 is 19.4 Å². The van der Waals surface area contributed by atoms with Crippen molar-refractivity contribution in [1.82, 2.24) is 10.2 Å². The van der Waals surface area contributed by atoms with Gasteiger partial charge in [-0.15, -0.1) is 0 Å². The van der Waals surface area contributed by atoms with Crippen LogP contribution in [0.4, 0.5) is 0 Å². The lowest BCUT2D eigenvalue weighted by Crippen LogP contribution is -2.46. The van der Waals surface area contributed by atoms with Gasteiger partial charge >= 0.3 is 0 Å². The van der Waals surface area contributed by atoms with Crippen LogP contribution in [0.5, 0.6) is 5.75 Å². The molecule has 2 amide bonds. The quantitative estimate of drug-likeness (QED) is 0.846. The Morgan fingerprint density at radius 3 is 2.50 bits per heavy atom. The molecule has 24 heavy (non-hydrogen) atoms. The maximum Gasteiger partial charge on any atom is 0.287 e. The van der Waals surface area contributed by atoms with Gasteiger partial charge in [0.15, 0.2) is 5.76 Å². The topological polar surface area (TPSA) is 71.8 Å². The molecule has 6 nitrogen and oxygen atoms in total. The Bertz CT molecular complexity index is 665. The Hall–Kier alpha value is -2.76. The van der Waals surface area contributed by atoms with Crippen molar-refractivity contribution in [3.8, 4) is 5.75 Å². The molecule has 0 aliphatic carbocycles. The first-order chi connectivity index (χ1) is 11.5. The summed E-state index contributed by atoms with van der Waals surface area (Å²) in [4.78, 5) is 26.2. The molecule has 0 saturated carbocycles. The predicted molar refractivity (Wildman–Crippen MR) is 89.7 cm³/mol. The van der Waals surface area contributed by atoms with Crippen molar-refractivity contribution in [3.63, 3.8) is 0 Å². The number of furan rings is 1. The second-order valence-corrected chi connectivity index (χ2v) is 5.37. The van der Waals surface area contributed by atoms with Crippen LogP contribution in [0.3, 0.4) is 0 Å². The summed E-state index contributed by atoms with van der Waals surface area (Å²) < 4.78 is 10.2. The van der Waals surface area contributed by atoms with E-state index in [1.165, 1.54) is 6.26 Å². The van der Waals surface area contributed by atoms with Gasteiger partial charge in [0.25, 0.3) is 5.91 Å². The van der Waals surface area contributed by atoms with Crippen LogP contribution in [0.1, 0.15) is 30.0 Å². The SMILES string of the molecule is CCN(Cc1ccc(OC)cc1)C(=O)C(C)NC(=O)c1ccco1. The van der Waals surface area contributed by atoms with Crippen LogP contribution in [0.25, 0.3) is 0 Å². The molecule has 0 radical (unpaired) electrons. The minimum atomic E-state index is -0.638. The number of amides is 2. The zero-order valence-electron chi connectivity index (χ0n) is 14.1. The summed E-state index contributed by atoms with van der Waals surface area (Å²) in [6.45, 7) is 4.59. The number of rotatable bonds is 7. The van der Waals surface area contributed by atoms with Crippen molar-refractivity contribution in [2.45, 2.75) is 26.4 Å². The molecule has 1 aromatic heterocycles. The average molecular weight is 330 g/mol. The summed E-state index contributed by atoms with van der Waals surface area (Å²) in [6, 6.07) is 10.1. The summed E-state index contributed by atoms with van der Waals surface area (Å²) in [5.74, 6) is 0.412. The summed E-state index contributed by atoms with van der Waals surface area (Å²) >= 11 is 0. The molecule has 2 aromatic rings. The first kappa shape index (κ1) is 17.6. The number of hydrogen-bond acceptors (Lipinski definition) is 4. The van der Waals surface area contributed by atoms with E-state index < -0.39 is 11.9 Å². The van der Waals surface area contributed by atoms with Crippen molar-refractivity contribution in [3.05, 3.63) is 54.0 Å². The van der Waals surface area contributed by atoms with Gasteiger partial charge in [-0.2, -0.15) is 0 Å². The van der Waals surface area contributed by atoms with E-state index in [2.05, 4.69) is 5.32 Å². The number of benzene rings is 1. The maximum atomic E-state index is 12.6. The maximum absolute atomic E-state index is 12.6. The lowest BCUT2D eigenvalue weighted by molar-refractivity contribution is -0.133. The largest absolute Gasteiger partial charge is 0.497 e. The van der Waals surface area contributed by atoms with Crippen LogP contribution in [-0.4, -0.2) is 36.4 Å². The van der Waals surface area contributed by atoms with Crippen LogP contribution in [0.15, 0.2) is 47.1 Å². The van der Waals surface area contributed by atoms with Crippen molar-refractivity contribution in [2.75, 3.05) is 13.7 Å².